The van der Waals surface area contributed by atoms with E-state index in [1.54, 1.807) is 23.9 Å². The third-order valence-electron chi connectivity index (χ3n) is 5.04. The van der Waals surface area contributed by atoms with Crippen LogP contribution in [0.2, 0.25) is 0 Å². The number of ether oxygens (including phenoxy) is 2. The van der Waals surface area contributed by atoms with Crippen molar-refractivity contribution in [2.45, 2.75) is 20.1 Å². The fourth-order valence-electron chi connectivity index (χ4n) is 3.45. The molecule has 0 aliphatic rings. The van der Waals surface area contributed by atoms with Crippen LogP contribution in [0.15, 0.2) is 79.0 Å². The molecule has 0 saturated heterocycles. The molecule has 0 atom stereocenters. The molecule has 0 bridgehead atoms. The predicted octanol–water partition coefficient (Wildman–Crippen LogP) is 5.17. The number of esters is 1. The number of halogens is 2. The second-order valence-electron chi connectivity index (χ2n) is 7.38. The summed E-state index contributed by atoms with van der Waals surface area (Å²) in [6.07, 6.45) is 1.73. The van der Waals surface area contributed by atoms with E-state index in [9.17, 15) is 4.79 Å². The highest BCUT2D eigenvalue weighted by Gasteiger charge is 2.17. The van der Waals surface area contributed by atoms with E-state index in [0.717, 1.165) is 28.1 Å². The molecule has 0 aliphatic carbocycles. The first-order chi connectivity index (χ1) is 16.2. The van der Waals surface area contributed by atoms with Gasteiger partial charge in [-0.2, -0.15) is 5.10 Å². The van der Waals surface area contributed by atoms with Crippen LogP contribution in [0.5, 0.6) is 5.75 Å². The lowest BCUT2D eigenvalue weighted by Crippen LogP contribution is -2.17. The Hall–Kier alpha value is -3.39. The van der Waals surface area contributed by atoms with Gasteiger partial charge in [0.05, 0.1) is 24.5 Å². The van der Waals surface area contributed by atoms with Crippen molar-refractivity contribution in [3.63, 3.8) is 0 Å². The minimum atomic E-state index is -0.415. The zero-order valence-electron chi connectivity index (χ0n) is 19.3. The van der Waals surface area contributed by atoms with E-state index in [4.69, 9.17) is 15.2 Å². The molecule has 7 nitrogen and oxygen atoms in total. The predicted molar refractivity (Wildman–Crippen MR) is 141 cm³/mol. The van der Waals surface area contributed by atoms with Crippen molar-refractivity contribution in [2.75, 3.05) is 13.2 Å². The Bertz CT molecular complexity index is 1230. The number of nitrogens with zero attached hydrogens (tertiary/aromatic N) is 3. The van der Waals surface area contributed by atoms with Crippen molar-refractivity contribution in [2.24, 2.45) is 5.73 Å². The van der Waals surface area contributed by atoms with Gasteiger partial charge in [0.25, 0.3) is 0 Å². The highest BCUT2D eigenvalue weighted by Crippen LogP contribution is 2.27. The Balaban J connectivity index is 0.00000216. The lowest BCUT2D eigenvalue weighted by molar-refractivity contribution is 0.0512. The molecule has 184 valence electrons. The van der Waals surface area contributed by atoms with Gasteiger partial charge in [-0.25, -0.2) is 4.79 Å². The molecule has 4 aromatic rings. The van der Waals surface area contributed by atoms with Gasteiger partial charge < -0.3 is 15.2 Å². The minimum absolute atomic E-state index is 0. The van der Waals surface area contributed by atoms with E-state index >= 15 is 0 Å². The summed E-state index contributed by atoms with van der Waals surface area (Å²) in [5.74, 6) is 0.350. The van der Waals surface area contributed by atoms with Crippen LogP contribution in [0.25, 0.3) is 22.5 Å². The van der Waals surface area contributed by atoms with Gasteiger partial charge >= 0.3 is 5.97 Å². The minimum Gasteiger partial charge on any atom is -0.489 e. The monoisotopic (exact) mass is 514 g/mol. The van der Waals surface area contributed by atoms with Crippen LogP contribution < -0.4 is 10.5 Å². The van der Waals surface area contributed by atoms with Gasteiger partial charge in [0.2, 0.25) is 0 Å². The Labute approximate surface area is 217 Å². The first kappa shape index (κ1) is 27.9. The third kappa shape index (κ3) is 7.05. The van der Waals surface area contributed by atoms with E-state index in [2.05, 4.69) is 10.1 Å². The van der Waals surface area contributed by atoms with Gasteiger partial charge in [-0.15, -0.1) is 24.8 Å². The molecule has 0 amide bonds. The standard InChI is InChI=1S/C26H26N4O3.2ClH/c1-2-32-26(31)25-17-24(29-30(25)14-12-27)21-11-13-28-23(16-21)20-9-6-10-22(15-20)33-18-19-7-4-3-5-8-19;;/h3-11,13,15-17H,2,12,14,18,27H2,1H3;2*1H. The van der Waals surface area contributed by atoms with E-state index in [0.29, 0.717) is 37.7 Å². The fraction of sp³-hybridized carbons (Fsp3) is 0.192. The zero-order chi connectivity index (χ0) is 23.0. The molecule has 35 heavy (non-hydrogen) atoms. The Morgan fingerprint density at radius 3 is 2.46 bits per heavy atom. The highest BCUT2D eigenvalue weighted by molar-refractivity contribution is 5.89. The number of nitrogens with two attached hydrogens (primary N) is 1. The lowest BCUT2D eigenvalue weighted by Gasteiger charge is -2.09. The van der Waals surface area contributed by atoms with Crippen LogP contribution in [0.1, 0.15) is 23.0 Å². The number of carbonyl (C=O) groups is 1. The summed E-state index contributed by atoms with van der Waals surface area (Å²) in [6.45, 7) is 3.35. The summed E-state index contributed by atoms with van der Waals surface area (Å²) < 4.78 is 12.7. The van der Waals surface area contributed by atoms with Crippen molar-refractivity contribution in [1.29, 1.82) is 0 Å². The van der Waals surface area contributed by atoms with E-state index in [-0.39, 0.29) is 24.8 Å². The lowest BCUT2D eigenvalue weighted by atomic mass is 10.1. The van der Waals surface area contributed by atoms with Crippen molar-refractivity contribution in [1.82, 2.24) is 14.8 Å². The first-order valence-corrected chi connectivity index (χ1v) is 10.9. The number of aromatic nitrogens is 3. The molecule has 2 aromatic heterocycles. The van der Waals surface area contributed by atoms with Gasteiger partial charge in [0.1, 0.15) is 18.1 Å². The average molecular weight is 515 g/mol. The second kappa shape index (κ2) is 13.5. The van der Waals surface area contributed by atoms with Gasteiger partial charge in [-0.1, -0.05) is 42.5 Å². The number of benzene rings is 2. The van der Waals surface area contributed by atoms with E-state index < -0.39 is 5.97 Å². The largest absolute Gasteiger partial charge is 0.489 e. The van der Waals surface area contributed by atoms with Crippen LogP contribution in [0.4, 0.5) is 0 Å². The molecule has 2 N–H and O–H groups in total. The average Bonchev–Trinajstić information content (AvgIpc) is 3.28. The topological polar surface area (TPSA) is 92.3 Å². The molecular weight excluding hydrogens is 487 g/mol. The summed E-state index contributed by atoms with van der Waals surface area (Å²) in [6, 6.07) is 23.4. The highest BCUT2D eigenvalue weighted by atomic mass is 35.5. The van der Waals surface area contributed by atoms with Crippen molar-refractivity contribution in [3.05, 3.63) is 90.3 Å². The van der Waals surface area contributed by atoms with Crippen molar-refractivity contribution in [3.8, 4) is 28.3 Å². The number of hydrogen-bond acceptors (Lipinski definition) is 6. The molecule has 0 spiro atoms. The molecule has 0 fully saturated rings. The van der Waals surface area contributed by atoms with E-state index in [1.807, 2.05) is 66.7 Å². The second-order valence-corrected chi connectivity index (χ2v) is 7.38. The van der Waals surface area contributed by atoms with Gasteiger partial charge in [0.15, 0.2) is 0 Å². The summed E-state index contributed by atoms with van der Waals surface area (Å²) in [5, 5.41) is 4.57. The van der Waals surface area contributed by atoms with Crippen LogP contribution in [-0.4, -0.2) is 33.9 Å². The smallest absolute Gasteiger partial charge is 0.356 e. The first-order valence-electron chi connectivity index (χ1n) is 10.9. The van der Waals surface area contributed by atoms with Crippen LogP contribution in [0.3, 0.4) is 0 Å². The Morgan fingerprint density at radius 1 is 0.943 bits per heavy atom. The summed E-state index contributed by atoms with van der Waals surface area (Å²) >= 11 is 0. The number of rotatable bonds is 9. The maximum absolute atomic E-state index is 12.3. The number of pyridine rings is 1. The van der Waals surface area contributed by atoms with Gasteiger partial charge in [-0.3, -0.25) is 9.67 Å². The molecule has 0 radical (unpaired) electrons. The Kier molecular flexibility index (Phi) is 10.7. The van der Waals surface area contributed by atoms with Crippen LogP contribution >= 0.6 is 24.8 Å². The molecule has 0 saturated carbocycles. The van der Waals surface area contributed by atoms with Gasteiger partial charge in [0, 0.05) is 23.9 Å². The van der Waals surface area contributed by atoms with Crippen molar-refractivity contribution < 1.29 is 14.3 Å². The number of hydrogen-bond donors (Lipinski definition) is 1. The molecule has 2 heterocycles. The summed E-state index contributed by atoms with van der Waals surface area (Å²) in [4.78, 5) is 16.8. The zero-order valence-corrected chi connectivity index (χ0v) is 20.9. The molecule has 0 unspecified atom stereocenters. The van der Waals surface area contributed by atoms with Crippen LogP contribution in [-0.2, 0) is 17.9 Å². The van der Waals surface area contributed by atoms with E-state index in [1.165, 1.54) is 0 Å². The maximum atomic E-state index is 12.3. The summed E-state index contributed by atoms with van der Waals surface area (Å²) in [7, 11) is 0. The molecule has 9 heteroatoms. The molecule has 4 rings (SSSR count). The third-order valence-corrected chi connectivity index (χ3v) is 5.04. The normalized spacial score (nSPS) is 10.1. The number of carbonyl (C=O) groups excluding carboxylic acids is 1. The summed E-state index contributed by atoms with van der Waals surface area (Å²) in [5.41, 5.74) is 10.4. The van der Waals surface area contributed by atoms with Gasteiger partial charge in [-0.05, 0) is 42.8 Å². The Morgan fingerprint density at radius 2 is 1.71 bits per heavy atom. The van der Waals surface area contributed by atoms with Crippen molar-refractivity contribution >= 4 is 30.8 Å². The fourth-order valence-corrected chi connectivity index (χ4v) is 3.45. The maximum Gasteiger partial charge on any atom is 0.356 e. The molecular formula is C26H28Cl2N4O3. The van der Waals surface area contributed by atoms with Crippen LogP contribution in [0, 0.1) is 0 Å². The quantitative estimate of drug-likeness (QED) is 0.309. The molecule has 0 aliphatic heterocycles. The SMILES string of the molecule is CCOC(=O)c1cc(-c2ccnc(-c3cccc(OCc4ccccc4)c3)c2)nn1CCN.Cl.Cl. The molecule has 2 aromatic carbocycles.